The van der Waals surface area contributed by atoms with Crippen LogP contribution >= 0.6 is 0 Å². The van der Waals surface area contributed by atoms with E-state index in [2.05, 4.69) is 15.6 Å². The van der Waals surface area contributed by atoms with E-state index in [9.17, 15) is 14.4 Å². The van der Waals surface area contributed by atoms with Crippen molar-refractivity contribution in [3.63, 3.8) is 0 Å². The van der Waals surface area contributed by atoms with Crippen molar-refractivity contribution in [1.82, 2.24) is 10.3 Å². The van der Waals surface area contributed by atoms with Crippen LogP contribution < -0.4 is 10.6 Å². The van der Waals surface area contributed by atoms with Crippen molar-refractivity contribution in [3.05, 3.63) is 23.9 Å². The number of aliphatic carboxylic acids is 1. The van der Waals surface area contributed by atoms with E-state index in [4.69, 9.17) is 5.11 Å². The molecule has 3 N–H and O–H groups in total. The van der Waals surface area contributed by atoms with Crippen LogP contribution in [0.25, 0.3) is 0 Å². The lowest BCUT2D eigenvalue weighted by Gasteiger charge is -2.04. The normalized spacial score (nSPS) is 9.47. The third kappa shape index (κ3) is 4.29. The van der Waals surface area contributed by atoms with E-state index in [1.54, 1.807) is 0 Å². The van der Waals surface area contributed by atoms with Crippen LogP contribution in [0, 0.1) is 0 Å². The maximum absolute atomic E-state index is 11.5. The zero-order chi connectivity index (χ0) is 12.8. The molecule has 7 heteroatoms. The van der Waals surface area contributed by atoms with Crippen molar-refractivity contribution in [2.75, 3.05) is 11.9 Å². The second-order valence-electron chi connectivity index (χ2n) is 3.19. The fourth-order valence-electron chi connectivity index (χ4n) is 1.08. The molecule has 0 saturated heterocycles. The number of hydrogen-bond acceptors (Lipinski definition) is 4. The van der Waals surface area contributed by atoms with Crippen LogP contribution in [0.1, 0.15) is 17.3 Å². The Labute approximate surface area is 96.9 Å². The van der Waals surface area contributed by atoms with Gasteiger partial charge in [-0.2, -0.15) is 0 Å². The van der Waals surface area contributed by atoms with Gasteiger partial charge in [0.15, 0.2) is 0 Å². The average Bonchev–Trinajstić information content (AvgIpc) is 2.25. The van der Waals surface area contributed by atoms with Crippen LogP contribution in [0.3, 0.4) is 0 Å². The first-order valence-corrected chi connectivity index (χ1v) is 4.72. The number of carboxylic acids is 1. The van der Waals surface area contributed by atoms with Gasteiger partial charge >= 0.3 is 5.97 Å². The molecule has 0 bridgehead atoms. The van der Waals surface area contributed by atoms with Crippen molar-refractivity contribution in [2.24, 2.45) is 0 Å². The van der Waals surface area contributed by atoms with Crippen molar-refractivity contribution < 1.29 is 19.5 Å². The summed E-state index contributed by atoms with van der Waals surface area (Å²) in [4.78, 5) is 36.3. The molecule has 0 spiro atoms. The van der Waals surface area contributed by atoms with Crippen LogP contribution in [-0.4, -0.2) is 34.4 Å². The molecular formula is C10H11N3O4. The summed E-state index contributed by atoms with van der Waals surface area (Å²) >= 11 is 0. The Morgan fingerprint density at radius 3 is 2.71 bits per heavy atom. The molecule has 1 aromatic rings. The summed E-state index contributed by atoms with van der Waals surface area (Å²) in [5, 5.41) is 13.0. The van der Waals surface area contributed by atoms with Gasteiger partial charge in [0.25, 0.3) is 5.91 Å². The highest BCUT2D eigenvalue weighted by atomic mass is 16.4. The van der Waals surface area contributed by atoms with E-state index < -0.39 is 18.4 Å². The Bertz CT molecular complexity index is 459. The molecule has 90 valence electrons. The molecule has 0 aliphatic rings. The molecule has 0 aliphatic carbocycles. The molecule has 0 aromatic carbocycles. The molecule has 1 heterocycles. The molecule has 1 rings (SSSR count). The summed E-state index contributed by atoms with van der Waals surface area (Å²) in [6, 6.07) is 2.78. The summed E-state index contributed by atoms with van der Waals surface area (Å²) in [5.74, 6) is -1.74. The molecule has 0 fully saturated rings. The minimum Gasteiger partial charge on any atom is -0.480 e. The molecule has 0 aliphatic heterocycles. The van der Waals surface area contributed by atoms with Gasteiger partial charge in [0.2, 0.25) is 5.91 Å². The lowest BCUT2D eigenvalue weighted by molar-refractivity contribution is -0.135. The summed E-state index contributed by atoms with van der Waals surface area (Å²) in [7, 11) is 0. The third-order valence-electron chi connectivity index (χ3n) is 1.73. The molecule has 7 nitrogen and oxygen atoms in total. The fraction of sp³-hybridized carbons (Fsp3) is 0.200. The Morgan fingerprint density at radius 1 is 1.41 bits per heavy atom. The number of anilines is 1. The van der Waals surface area contributed by atoms with E-state index in [1.807, 2.05) is 0 Å². The zero-order valence-electron chi connectivity index (χ0n) is 9.06. The first kappa shape index (κ1) is 12.6. The quantitative estimate of drug-likeness (QED) is 0.675. The van der Waals surface area contributed by atoms with E-state index >= 15 is 0 Å². The predicted molar refractivity (Wildman–Crippen MR) is 58.5 cm³/mol. The first-order chi connectivity index (χ1) is 7.99. The first-order valence-electron chi connectivity index (χ1n) is 4.72. The minimum atomic E-state index is -1.13. The van der Waals surface area contributed by atoms with Gasteiger partial charge in [-0.25, -0.2) is 4.98 Å². The Balaban J connectivity index is 2.73. The summed E-state index contributed by atoms with van der Waals surface area (Å²) < 4.78 is 0. The minimum absolute atomic E-state index is 0.227. The van der Waals surface area contributed by atoms with Crippen LogP contribution in [0.5, 0.6) is 0 Å². The summed E-state index contributed by atoms with van der Waals surface area (Å²) in [6.45, 7) is 0.857. The number of carbonyl (C=O) groups is 3. The maximum Gasteiger partial charge on any atom is 0.322 e. The maximum atomic E-state index is 11.5. The van der Waals surface area contributed by atoms with Gasteiger partial charge in [0.1, 0.15) is 12.4 Å². The third-order valence-corrected chi connectivity index (χ3v) is 1.73. The second-order valence-corrected chi connectivity index (χ2v) is 3.19. The molecule has 0 atom stereocenters. The van der Waals surface area contributed by atoms with Gasteiger partial charge in [0, 0.05) is 18.7 Å². The van der Waals surface area contributed by atoms with Crippen molar-refractivity contribution in [1.29, 1.82) is 0 Å². The smallest absolute Gasteiger partial charge is 0.322 e. The van der Waals surface area contributed by atoms with Gasteiger partial charge in [-0.05, 0) is 12.1 Å². The molecule has 1 aromatic heterocycles. The fourth-order valence-corrected chi connectivity index (χ4v) is 1.08. The van der Waals surface area contributed by atoms with E-state index in [0.717, 1.165) is 0 Å². The number of carboxylic acid groups (broad SMARTS) is 1. The summed E-state index contributed by atoms with van der Waals surface area (Å²) in [5.41, 5.74) is 0.227. The number of aromatic nitrogens is 1. The second kappa shape index (κ2) is 5.59. The number of pyridine rings is 1. The van der Waals surface area contributed by atoms with Gasteiger partial charge < -0.3 is 15.7 Å². The lowest BCUT2D eigenvalue weighted by atomic mass is 10.2. The van der Waals surface area contributed by atoms with Gasteiger partial charge in [-0.1, -0.05) is 0 Å². The van der Waals surface area contributed by atoms with Gasteiger partial charge in [0.05, 0.1) is 0 Å². The average molecular weight is 237 g/mol. The van der Waals surface area contributed by atoms with E-state index in [0.29, 0.717) is 0 Å². The lowest BCUT2D eigenvalue weighted by Crippen LogP contribution is -2.29. The predicted octanol–water partition coefficient (Wildman–Crippen LogP) is -0.146. The molecule has 0 saturated carbocycles. The number of rotatable bonds is 4. The van der Waals surface area contributed by atoms with Crippen LogP contribution in [0.2, 0.25) is 0 Å². The Kier molecular flexibility index (Phi) is 4.15. The molecule has 2 amide bonds. The molecule has 0 radical (unpaired) electrons. The van der Waals surface area contributed by atoms with Crippen molar-refractivity contribution in [3.8, 4) is 0 Å². The highest BCUT2D eigenvalue weighted by molar-refractivity contribution is 5.97. The van der Waals surface area contributed by atoms with E-state index in [-0.39, 0.29) is 17.3 Å². The number of amides is 2. The molecule has 17 heavy (non-hydrogen) atoms. The zero-order valence-corrected chi connectivity index (χ0v) is 9.06. The van der Waals surface area contributed by atoms with Crippen LogP contribution in [0.4, 0.5) is 5.82 Å². The van der Waals surface area contributed by atoms with Crippen LogP contribution in [0.15, 0.2) is 18.3 Å². The van der Waals surface area contributed by atoms with E-state index in [1.165, 1.54) is 25.3 Å². The number of hydrogen-bond donors (Lipinski definition) is 3. The topological polar surface area (TPSA) is 108 Å². The number of carbonyl (C=O) groups excluding carboxylic acids is 2. The number of nitrogens with zero attached hydrogens (tertiary/aromatic N) is 1. The summed E-state index contributed by atoms with van der Waals surface area (Å²) in [6.07, 6.45) is 1.35. The Morgan fingerprint density at radius 2 is 2.12 bits per heavy atom. The largest absolute Gasteiger partial charge is 0.480 e. The highest BCUT2D eigenvalue weighted by Crippen LogP contribution is 2.06. The van der Waals surface area contributed by atoms with Gasteiger partial charge in [-0.15, -0.1) is 0 Å². The van der Waals surface area contributed by atoms with Crippen LogP contribution in [-0.2, 0) is 9.59 Å². The molecule has 0 unspecified atom stereocenters. The van der Waals surface area contributed by atoms with Crippen molar-refractivity contribution >= 4 is 23.6 Å². The monoisotopic (exact) mass is 237 g/mol. The SMILES string of the molecule is CC(=O)Nc1cc(C(=O)NCC(=O)O)ccn1. The number of nitrogens with one attached hydrogen (secondary N) is 2. The highest BCUT2D eigenvalue weighted by Gasteiger charge is 2.08. The Hall–Kier alpha value is -2.44. The standard InChI is InChI=1S/C10H11N3O4/c1-6(14)13-8-4-7(2-3-11-8)10(17)12-5-9(15)16/h2-4H,5H2,1H3,(H,12,17)(H,15,16)(H,11,13,14). The van der Waals surface area contributed by atoms with Crippen molar-refractivity contribution in [2.45, 2.75) is 6.92 Å². The molecular weight excluding hydrogens is 226 g/mol. The van der Waals surface area contributed by atoms with Gasteiger partial charge in [-0.3, -0.25) is 14.4 Å².